The first-order chi connectivity index (χ1) is 18.7. The van der Waals surface area contributed by atoms with Crippen LogP contribution in [-0.4, -0.2) is 16.2 Å². The molecule has 5 heteroatoms. The molecule has 1 aliphatic carbocycles. The zero-order valence-corrected chi connectivity index (χ0v) is 19.8. The summed E-state index contributed by atoms with van der Waals surface area (Å²) >= 11 is 0. The number of aryl methyl sites for hydroxylation is 1. The van der Waals surface area contributed by atoms with Crippen LogP contribution in [0.2, 0.25) is 0 Å². The topological polar surface area (TPSA) is 51.3 Å². The largest absolute Gasteiger partial charge is 0.486 e. The Morgan fingerprint density at radius 2 is 2.30 bits per heavy atom. The molecular formula is C28H23IrN3O-2. The molecule has 0 N–H and O–H groups in total. The number of fused-ring (bicyclic) bond motifs is 3. The number of benzene rings is 1. The molecule has 167 valence electrons. The number of rotatable bonds is 4. The third-order valence-corrected chi connectivity index (χ3v) is 4.64. The zero-order chi connectivity index (χ0) is 28.0. The molecule has 0 spiro atoms. The molecule has 0 amide bonds. The van der Waals surface area contributed by atoms with Crippen LogP contribution >= 0.6 is 0 Å². The Kier molecular flexibility index (Phi) is 5.56. The molecule has 4 nitrogen and oxygen atoms in total. The second-order valence-electron chi connectivity index (χ2n) is 6.70. The van der Waals surface area contributed by atoms with Gasteiger partial charge in [-0.15, -0.1) is 36.9 Å². The van der Waals surface area contributed by atoms with Crippen molar-refractivity contribution in [2.75, 3.05) is 0 Å². The Balaban J connectivity index is 0.000000283. The van der Waals surface area contributed by atoms with Gasteiger partial charge in [0.2, 0.25) is 5.71 Å². The van der Waals surface area contributed by atoms with Crippen molar-refractivity contribution in [2.24, 2.45) is 4.99 Å². The SMILES string of the molecule is C1=CC[CH-]C(c2ccccn2)=C1.[2H]C=C([2H])C([2H])=NC(=C[2H])c1[c-]ccc2c1oc1nc(C([2H])([2H])[2H])ccc12.[Ir]. The quantitative estimate of drug-likeness (QED) is 0.184. The van der Waals surface area contributed by atoms with Gasteiger partial charge in [-0.2, -0.15) is 18.1 Å². The maximum Gasteiger partial charge on any atom is 0.216 e. The maximum absolute atomic E-state index is 7.70. The Hall–Kier alpha value is -3.53. The molecule has 1 radical (unpaired) electrons. The van der Waals surface area contributed by atoms with Crippen LogP contribution in [0.4, 0.5) is 0 Å². The Morgan fingerprint density at radius 3 is 3.06 bits per heavy atom. The van der Waals surface area contributed by atoms with Gasteiger partial charge in [-0.25, -0.2) is 4.98 Å². The van der Waals surface area contributed by atoms with Gasteiger partial charge in [0, 0.05) is 49.1 Å². The fraction of sp³-hybridized carbons (Fsp3) is 0.0714. The maximum atomic E-state index is 7.70. The average molecular weight is 617 g/mol. The van der Waals surface area contributed by atoms with Crippen molar-refractivity contribution in [1.82, 2.24) is 9.97 Å². The van der Waals surface area contributed by atoms with E-state index in [9.17, 15) is 0 Å². The van der Waals surface area contributed by atoms with E-state index in [0.717, 1.165) is 18.7 Å². The van der Waals surface area contributed by atoms with Gasteiger partial charge in [0.1, 0.15) is 0 Å². The zero-order valence-electron chi connectivity index (χ0n) is 24.4. The van der Waals surface area contributed by atoms with E-state index < -0.39 is 19.1 Å². The third kappa shape index (κ3) is 5.64. The third-order valence-electron chi connectivity index (χ3n) is 4.64. The number of aliphatic imine (C=N–C) groups is 1. The first kappa shape index (κ1) is 16.1. The first-order valence-electron chi connectivity index (χ1n) is 13.4. The average Bonchev–Trinajstić information content (AvgIpc) is 3.34. The van der Waals surface area contributed by atoms with Gasteiger partial charge >= 0.3 is 0 Å². The minimum absolute atomic E-state index is 0. The molecule has 3 aromatic heterocycles. The molecule has 0 bridgehead atoms. The van der Waals surface area contributed by atoms with Crippen molar-refractivity contribution < 1.29 is 34.1 Å². The summed E-state index contributed by atoms with van der Waals surface area (Å²) in [6.07, 6.45) is 10.8. The monoisotopic (exact) mass is 617 g/mol. The molecule has 0 fully saturated rings. The molecule has 0 unspecified atom stereocenters. The summed E-state index contributed by atoms with van der Waals surface area (Å²) in [5.74, 6) is 0. The van der Waals surface area contributed by atoms with Gasteiger partial charge in [-0.05, 0) is 36.4 Å². The predicted octanol–water partition coefficient (Wildman–Crippen LogP) is 6.94. The summed E-state index contributed by atoms with van der Waals surface area (Å²) in [5, 5.41) is 1.23. The van der Waals surface area contributed by atoms with Crippen LogP contribution in [-0.2, 0) is 20.1 Å². The number of hydrogen-bond donors (Lipinski definition) is 0. The molecule has 1 aromatic carbocycles. The van der Waals surface area contributed by atoms with Crippen molar-refractivity contribution in [3.8, 4) is 0 Å². The minimum Gasteiger partial charge on any atom is -0.486 e. The van der Waals surface area contributed by atoms with Crippen molar-refractivity contribution in [3.05, 3.63) is 115 Å². The second-order valence-corrected chi connectivity index (χ2v) is 6.70. The van der Waals surface area contributed by atoms with Crippen molar-refractivity contribution >= 4 is 39.5 Å². The van der Waals surface area contributed by atoms with Crippen LogP contribution in [0.25, 0.3) is 33.3 Å². The molecule has 33 heavy (non-hydrogen) atoms. The first-order valence-corrected chi connectivity index (χ1v) is 9.78. The molecule has 5 rings (SSSR count). The van der Waals surface area contributed by atoms with Gasteiger partial charge in [-0.1, -0.05) is 42.1 Å². The van der Waals surface area contributed by atoms with Crippen LogP contribution in [0.3, 0.4) is 0 Å². The van der Waals surface area contributed by atoms with E-state index in [1.807, 2.05) is 24.4 Å². The summed E-state index contributed by atoms with van der Waals surface area (Å²) in [5.41, 5.74) is 2.90. The summed E-state index contributed by atoms with van der Waals surface area (Å²) in [4.78, 5) is 12.2. The van der Waals surface area contributed by atoms with E-state index in [1.165, 1.54) is 11.6 Å². The van der Waals surface area contributed by atoms with Crippen LogP contribution in [0.1, 0.15) is 33.0 Å². The molecule has 0 saturated heterocycles. The Labute approximate surface area is 217 Å². The molecule has 3 heterocycles. The van der Waals surface area contributed by atoms with Crippen LogP contribution in [0.5, 0.6) is 0 Å². The summed E-state index contributed by atoms with van der Waals surface area (Å²) in [6.45, 7) is -0.795. The van der Waals surface area contributed by atoms with Gasteiger partial charge in [0.25, 0.3) is 0 Å². The number of allylic oxidation sites excluding steroid dienone is 5. The Morgan fingerprint density at radius 1 is 1.33 bits per heavy atom. The van der Waals surface area contributed by atoms with E-state index in [-0.39, 0.29) is 42.8 Å². The summed E-state index contributed by atoms with van der Waals surface area (Å²) in [7, 11) is 0. The van der Waals surface area contributed by atoms with Gasteiger partial charge in [-0.3, -0.25) is 0 Å². The van der Waals surface area contributed by atoms with E-state index in [4.69, 9.17) is 14.0 Å². The van der Waals surface area contributed by atoms with Crippen molar-refractivity contribution in [1.29, 1.82) is 0 Å². The number of aromatic nitrogens is 2. The number of nitrogens with zero attached hydrogens (tertiary/aromatic N) is 3. The van der Waals surface area contributed by atoms with Crippen LogP contribution in [0, 0.1) is 19.3 Å². The fourth-order valence-electron chi connectivity index (χ4n) is 3.20. The molecule has 0 aliphatic heterocycles. The molecule has 0 atom stereocenters. The predicted molar refractivity (Wildman–Crippen MR) is 133 cm³/mol. The Bertz CT molecular complexity index is 1640. The summed E-state index contributed by atoms with van der Waals surface area (Å²) < 4.78 is 57.9. The van der Waals surface area contributed by atoms with Crippen molar-refractivity contribution in [3.63, 3.8) is 0 Å². The second kappa shape index (κ2) is 11.4. The molecular weight excluding hydrogens is 587 g/mol. The molecule has 0 saturated carbocycles. The molecule has 4 aromatic rings. The minimum atomic E-state index is -2.37. The smallest absolute Gasteiger partial charge is 0.216 e. The normalized spacial score (nSPS) is 17.5. The van der Waals surface area contributed by atoms with Gasteiger partial charge in [0.15, 0.2) is 0 Å². The molecule has 1 aliphatic rings. The summed E-state index contributed by atoms with van der Waals surface area (Å²) in [6, 6.07) is 14.8. The number of hydrogen-bond acceptors (Lipinski definition) is 4. The van der Waals surface area contributed by atoms with Crippen LogP contribution < -0.4 is 0 Å². The standard InChI is InChI=1S/C17H13N2O.C11H10N.Ir/c1-4-10-18-12(3)13-6-5-7-14-15-9-8-11(2)19-17(15)20-16(13)14;1-2-6-10(7-3-1)11-8-4-5-9-12-11;/h4-5,7-10H,1,3H2,2H3;1-2,4-9H,3H2;/q2*-1;/i1D,2D3,3D,4D,10D;;. The number of furan rings is 1. The van der Waals surface area contributed by atoms with E-state index in [2.05, 4.69) is 45.7 Å². The van der Waals surface area contributed by atoms with E-state index >= 15 is 0 Å². The van der Waals surface area contributed by atoms with E-state index in [1.54, 1.807) is 18.2 Å². The van der Waals surface area contributed by atoms with Gasteiger partial charge in [0.05, 0.1) is 9.70 Å². The van der Waals surface area contributed by atoms with E-state index in [0.29, 0.717) is 22.9 Å². The van der Waals surface area contributed by atoms with Crippen molar-refractivity contribution in [2.45, 2.75) is 13.3 Å². The van der Waals surface area contributed by atoms with Gasteiger partial charge < -0.3 is 14.4 Å². The van der Waals surface area contributed by atoms with Crippen LogP contribution in [0.15, 0.2) is 95.5 Å². The number of pyridine rings is 2. The fourth-order valence-corrected chi connectivity index (χ4v) is 3.20.